The summed E-state index contributed by atoms with van der Waals surface area (Å²) in [5.74, 6) is 0. The van der Waals surface area contributed by atoms with Crippen LogP contribution in [0.5, 0.6) is 0 Å². The number of nitrogens with zero attached hydrogens (tertiary/aromatic N) is 2. The zero-order valence-electron chi connectivity index (χ0n) is 12.3. The number of aromatic amines is 1. The molecule has 1 saturated heterocycles. The molecule has 3 heterocycles. The van der Waals surface area contributed by atoms with Crippen LogP contribution in [0.4, 0.5) is 8.78 Å². The first kappa shape index (κ1) is 15.0. The van der Waals surface area contributed by atoms with Crippen LogP contribution in [0.15, 0.2) is 42.7 Å². The van der Waals surface area contributed by atoms with E-state index in [9.17, 15) is 8.78 Å². The number of nitrogens with one attached hydrogen (secondary N) is 1. The summed E-state index contributed by atoms with van der Waals surface area (Å²) in [6.45, 7) is 0. The summed E-state index contributed by atoms with van der Waals surface area (Å²) in [7, 11) is 0. The molecule has 4 rings (SSSR count). The van der Waals surface area contributed by atoms with Crippen molar-refractivity contribution < 1.29 is 30.0 Å². The second kappa shape index (κ2) is 5.81. The summed E-state index contributed by atoms with van der Waals surface area (Å²) in [6.07, 6.45) is 1.23. The third-order valence-corrected chi connectivity index (χ3v) is 8.38. The molecular weight excluding hydrogens is 411 g/mol. The Labute approximate surface area is 142 Å². The van der Waals surface area contributed by atoms with Crippen molar-refractivity contribution in [2.45, 2.75) is 18.3 Å². The number of benzene rings is 1. The van der Waals surface area contributed by atoms with Crippen molar-refractivity contribution >= 4 is 11.0 Å². The summed E-state index contributed by atoms with van der Waals surface area (Å²) in [4.78, 5) is 4.25. The summed E-state index contributed by atoms with van der Waals surface area (Å²) in [5.41, 5.74) is 3.56. The predicted molar refractivity (Wildman–Crippen MR) is 81.4 cm³/mol. The van der Waals surface area contributed by atoms with Crippen molar-refractivity contribution in [2.75, 3.05) is 8.86 Å². The number of hydrogen-bond acceptors (Lipinski definition) is 2. The Bertz CT molecular complexity index is 842. The van der Waals surface area contributed by atoms with Gasteiger partial charge in [0.05, 0.1) is 0 Å². The van der Waals surface area contributed by atoms with Gasteiger partial charge in [-0.15, -0.1) is 0 Å². The number of H-pyrrole nitrogens is 1. The van der Waals surface area contributed by atoms with Gasteiger partial charge in [-0.2, -0.15) is 0 Å². The molecule has 0 aliphatic carbocycles. The molecule has 1 aliphatic heterocycles. The molecule has 0 spiro atoms. The third kappa shape index (κ3) is 2.62. The van der Waals surface area contributed by atoms with Crippen molar-refractivity contribution in [1.82, 2.24) is 15.2 Å². The summed E-state index contributed by atoms with van der Waals surface area (Å²) >= 11 is 0.0992. The fourth-order valence-corrected chi connectivity index (χ4v) is 6.46. The Morgan fingerprint density at radius 3 is 2.87 bits per heavy atom. The van der Waals surface area contributed by atoms with E-state index in [1.807, 2.05) is 24.3 Å². The normalized spacial score (nSPS) is 17.0. The van der Waals surface area contributed by atoms with E-state index in [0.29, 0.717) is 0 Å². The van der Waals surface area contributed by atoms with Crippen LogP contribution in [0.3, 0.4) is 0 Å². The number of pyridine rings is 1. The third-order valence-electron chi connectivity index (χ3n) is 4.39. The van der Waals surface area contributed by atoms with Gasteiger partial charge < -0.3 is 0 Å². The Kier molecular flexibility index (Phi) is 3.79. The molecule has 1 aliphatic rings. The summed E-state index contributed by atoms with van der Waals surface area (Å²) in [5, 5.41) is 7.86. The molecule has 1 N–H and O–H groups in total. The van der Waals surface area contributed by atoms with Crippen LogP contribution in [0.2, 0.25) is 0 Å². The average Bonchev–Trinajstić information content (AvgIpc) is 2.99. The van der Waals surface area contributed by atoms with Crippen molar-refractivity contribution in [3.63, 3.8) is 0 Å². The number of halogens is 3. The first-order valence-corrected chi connectivity index (χ1v) is 10.4. The van der Waals surface area contributed by atoms with E-state index in [4.69, 9.17) is 0 Å². The van der Waals surface area contributed by atoms with Gasteiger partial charge in [0, 0.05) is 0 Å². The van der Waals surface area contributed by atoms with Crippen LogP contribution in [-0.4, -0.2) is 30.5 Å². The maximum atomic E-state index is 13.0. The molecular formula is C17H15F2IN3-. The van der Waals surface area contributed by atoms with Gasteiger partial charge in [-0.1, -0.05) is 0 Å². The molecule has 3 aromatic rings. The van der Waals surface area contributed by atoms with E-state index in [0.717, 1.165) is 36.6 Å². The Morgan fingerprint density at radius 2 is 2.13 bits per heavy atom. The van der Waals surface area contributed by atoms with Crippen LogP contribution in [-0.2, 0) is 5.41 Å². The van der Waals surface area contributed by atoms with Gasteiger partial charge in [0.15, 0.2) is 0 Å². The standard InChI is InChI=1S/C17H15F2IN3/c18-15(19)7-17(9-20-10-17)12-3-1-2-11(6-12)13-4-5-21-16-14(13)8-22-23-16/h1-6,8,15H,7,9-10H2,(H,21,22,23)/q-1. The Hall–Kier alpha value is -1.57. The van der Waals surface area contributed by atoms with Gasteiger partial charge in [-0.05, 0) is 0 Å². The van der Waals surface area contributed by atoms with Gasteiger partial charge in [-0.25, -0.2) is 0 Å². The molecule has 0 bridgehead atoms. The minimum absolute atomic E-state index is 0.0202. The first-order chi connectivity index (χ1) is 11.2. The minimum atomic E-state index is -2.25. The fourth-order valence-electron chi connectivity index (χ4n) is 3.12. The maximum absolute atomic E-state index is 13.0. The molecule has 1 fully saturated rings. The monoisotopic (exact) mass is 426 g/mol. The number of rotatable bonds is 4. The van der Waals surface area contributed by atoms with E-state index < -0.39 is 6.43 Å². The van der Waals surface area contributed by atoms with Crippen molar-refractivity contribution in [1.29, 1.82) is 0 Å². The zero-order valence-corrected chi connectivity index (χ0v) is 14.4. The van der Waals surface area contributed by atoms with Gasteiger partial charge in [-0.3, -0.25) is 0 Å². The van der Waals surface area contributed by atoms with Gasteiger partial charge in [0.2, 0.25) is 0 Å². The molecule has 0 amide bonds. The molecule has 0 radical (unpaired) electrons. The quantitative estimate of drug-likeness (QED) is 0.491. The molecule has 0 atom stereocenters. The number of fused-ring (bicyclic) bond motifs is 1. The van der Waals surface area contributed by atoms with E-state index in [2.05, 4.69) is 21.2 Å². The van der Waals surface area contributed by atoms with E-state index in [1.165, 1.54) is 0 Å². The molecule has 1 aromatic carbocycles. The summed E-state index contributed by atoms with van der Waals surface area (Å²) < 4.78 is 27.9. The van der Waals surface area contributed by atoms with Gasteiger partial charge >= 0.3 is 143 Å². The number of alkyl halides is 4. The molecule has 2 aromatic heterocycles. The van der Waals surface area contributed by atoms with Crippen molar-refractivity contribution in [2.24, 2.45) is 0 Å². The van der Waals surface area contributed by atoms with E-state index in [1.54, 1.807) is 12.4 Å². The molecule has 3 nitrogen and oxygen atoms in total. The number of hydrogen-bond donors (Lipinski definition) is 1. The predicted octanol–water partition coefficient (Wildman–Crippen LogP) is 0.620. The first-order valence-electron chi connectivity index (χ1n) is 7.39. The van der Waals surface area contributed by atoms with E-state index in [-0.39, 0.29) is 33.0 Å². The molecule has 6 heteroatoms. The van der Waals surface area contributed by atoms with Gasteiger partial charge in [0.1, 0.15) is 0 Å². The van der Waals surface area contributed by atoms with Crippen molar-refractivity contribution in [3.8, 4) is 11.1 Å². The van der Waals surface area contributed by atoms with Crippen LogP contribution in [0.25, 0.3) is 22.2 Å². The van der Waals surface area contributed by atoms with Crippen LogP contribution in [0.1, 0.15) is 12.0 Å². The number of aromatic nitrogens is 3. The average molecular weight is 426 g/mol. The topological polar surface area (TPSA) is 41.6 Å². The SMILES string of the molecule is FC(F)CC1(c2cccc(-c3ccnc4[nH]ncc34)c2)C[I-]C1. The Balaban J connectivity index is 1.79. The van der Waals surface area contributed by atoms with Crippen LogP contribution < -0.4 is 21.2 Å². The Morgan fingerprint density at radius 1 is 1.26 bits per heavy atom. The van der Waals surface area contributed by atoms with Crippen LogP contribution >= 0.6 is 0 Å². The van der Waals surface area contributed by atoms with Crippen LogP contribution in [0, 0.1) is 0 Å². The van der Waals surface area contributed by atoms with Gasteiger partial charge in [0.25, 0.3) is 0 Å². The summed E-state index contributed by atoms with van der Waals surface area (Å²) in [6, 6.07) is 10.0. The second-order valence-corrected chi connectivity index (χ2v) is 8.51. The van der Waals surface area contributed by atoms with Crippen molar-refractivity contribution in [3.05, 3.63) is 48.3 Å². The molecule has 23 heavy (non-hydrogen) atoms. The molecule has 120 valence electrons. The zero-order chi connectivity index (χ0) is 15.9. The second-order valence-electron chi connectivity index (χ2n) is 5.90. The fraction of sp³-hybridized carbons (Fsp3) is 0.294. The molecule has 0 saturated carbocycles. The molecule has 0 unspecified atom stereocenters. The van der Waals surface area contributed by atoms with E-state index >= 15 is 0 Å².